The highest BCUT2D eigenvalue weighted by Crippen LogP contribution is 2.51. The summed E-state index contributed by atoms with van der Waals surface area (Å²) in [5.41, 5.74) is 7.47. The molecule has 0 aromatic heterocycles. The van der Waals surface area contributed by atoms with Gasteiger partial charge in [-0.25, -0.2) is 4.79 Å². The molecule has 1 aromatic rings. The second kappa shape index (κ2) is 5.92. The first kappa shape index (κ1) is 16.0. The zero-order chi connectivity index (χ0) is 17.0. The number of carbonyl (C=O) groups is 1. The Balaban J connectivity index is 1.21. The number of rotatable bonds is 3. The molecule has 2 N–H and O–H groups in total. The number of nitrogens with one attached hydrogen (secondary N) is 2. The van der Waals surface area contributed by atoms with Gasteiger partial charge in [0.2, 0.25) is 0 Å². The van der Waals surface area contributed by atoms with E-state index in [-0.39, 0.29) is 6.03 Å². The minimum absolute atomic E-state index is 0.0360. The number of aryl methyl sites for hydroxylation is 2. The van der Waals surface area contributed by atoms with E-state index in [1.165, 1.54) is 73.9 Å². The molecule has 1 saturated carbocycles. The molecule has 4 nitrogen and oxygen atoms in total. The molecule has 1 heterocycles. The van der Waals surface area contributed by atoms with Crippen LogP contribution in [0.1, 0.15) is 47.9 Å². The maximum atomic E-state index is 12.5. The molecule has 1 aromatic carbocycles. The van der Waals surface area contributed by atoms with Crippen molar-refractivity contribution >= 4 is 23.7 Å². The Morgan fingerprint density at radius 1 is 1.12 bits per heavy atom. The predicted molar refractivity (Wildman–Crippen MR) is 103 cm³/mol. The molecule has 2 fully saturated rings. The van der Waals surface area contributed by atoms with Gasteiger partial charge in [0, 0.05) is 24.0 Å². The topological polar surface area (TPSA) is 44.4 Å². The predicted octanol–water partition coefficient (Wildman–Crippen LogP) is 3.53. The number of carbonyl (C=O) groups excluding carboxylic acids is 1. The molecule has 5 heteroatoms. The van der Waals surface area contributed by atoms with E-state index in [9.17, 15) is 4.79 Å². The number of amides is 2. The van der Waals surface area contributed by atoms with Crippen LogP contribution in [0.5, 0.6) is 0 Å². The van der Waals surface area contributed by atoms with Crippen LogP contribution in [0.2, 0.25) is 0 Å². The number of fused-ring (bicyclic) bond motifs is 2. The molecule has 5 rings (SSSR count). The first-order chi connectivity index (χ1) is 12.1. The maximum Gasteiger partial charge on any atom is 0.329 e. The van der Waals surface area contributed by atoms with Gasteiger partial charge in [-0.2, -0.15) is 0 Å². The van der Waals surface area contributed by atoms with E-state index >= 15 is 0 Å². The first-order valence-corrected chi connectivity index (χ1v) is 10.6. The summed E-state index contributed by atoms with van der Waals surface area (Å²) < 4.78 is 3.07. The van der Waals surface area contributed by atoms with Gasteiger partial charge in [0.25, 0.3) is 0 Å². The van der Waals surface area contributed by atoms with Crippen molar-refractivity contribution in [1.82, 2.24) is 9.62 Å². The van der Waals surface area contributed by atoms with Crippen LogP contribution < -0.4 is 10.0 Å². The Kier molecular flexibility index (Phi) is 3.79. The van der Waals surface area contributed by atoms with Crippen LogP contribution >= 0.6 is 11.9 Å². The van der Waals surface area contributed by atoms with Crippen molar-refractivity contribution < 1.29 is 4.79 Å². The smallest absolute Gasteiger partial charge is 0.307 e. The number of likely N-dealkylation sites (tertiary alicyclic amines) is 1. The fraction of sp³-hybridized carbons (Fsp3) is 0.650. The van der Waals surface area contributed by atoms with Crippen LogP contribution in [0.4, 0.5) is 10.5 Å². The van der Waals surface area contributed by atoms with Crippen molar-refractivity contribution in [3.8, 4) is 0 Å². The number of hydrogen-bond acceptors (Lipinski definition) is 3. The SMILES string of the molecule is CN1CC2(CC(SNC(=O)Nc3c4c(cc5c3CCC5)CCC4)C2)C1. The molecule has 0 atom stereocenters. The Bertz CT molecular complexity index is 686. The second-order valence-electron chi connectivity index (χ2n) is 8.61. The summed E-state index contributed by atoms with van der Waals surface area (Å²) in [7, 11) is 2.19. The van der Waals surface area contributed by atoms with E-state index in [0.29, 0.717) is 10.7 Å². The van der Waals surface area contributed by atoms with Gasteiger partial charge in [-0.1, -0.05) is 6.07 Å². The van der Waals surface area contributed by atoms with Gasteiger partial charge in [-0.3, -0.25) is 4.72 Å². The zero-order valence-corrected chi connectivity index (χ0v) is 15.8. The minimum atomic E-state index is -0.0360. The van der Waals surface area contributed by atoms with E-state index < -0.39 is 0 Å². The highest BCUT2D eigenvalue weighted by Gasteiger charge is 2.51. The van der Waals surface area contributed by atoms with Crippen LogP contribution in [-0.4, -0.2) is 36.3 Å². The zero-order valence-electron chi connectivity index (χ0n) is 15.0. The van der Waals surface area contributed by atoms with Gasteiger partial charge in [-0.15, -0.1) is 0 Å². The van der Waals surface area contributed by atoms with E-state index in [4.69, 9.17) is 0 Å². The quantitative estimate of drug-likeness (QED) is 0.814. The fourth-order valence-corrected chi connectivity index (χ4v) is 6.79. The minimum Gasteiger partial charge on any atom is -0.307 e. The summed E-state index contributed by atoms with van der Waals surface area (Å²) in [6.45, 7) is 2.47. The molecule has 2 amide bonds. The summed E-state index contributed by atoms with van der Waals surface area (Å²) in [6, 6.07) is 2.37. The van der Waals surface area contributed by atoms with E-state index in [1.54, 1.807) is 11.9 Å². The molecule has 0 radical (unpaired) electrons. The molecule has 3 aliphatic carbocycles. The summed E-state index contributed by atoms with van der Waals surface area (Å²) in [5.74, 6) is 0. The average Bonchev–Trinajstić information content (AvgIpc) is 3.16. The molecule has 4 aliphatic rings. The Labute approximate surface area is 154 Å². The molecular formula is C20H27N3OS. The van der Waals surface area contributed by atoms with E-state index in [2.05, 4.69) is 28.1 Å². The molecule has 134 valence electrons. The normalized spacial score (nSPS) is 23.7. The van der Waals surface area contributed by atoms with Crippen LogP contribution in [0.25, 0.3) is 0 Å². The van der Waals surface area contributed by atoms with Crippen LogP contribution in [0.15, 0.2) is 6.07 Å². The van der Waals surface area contributed by atoms with Gasteiger partial charge >= 0.3 is 6.03 Å². The van der Waals surface area contributed by atoms with Gasteiger partial charge in [0.1, 0.15) is 0 Å². The van der Waals surface area contributed by atoms with Crippen molar-refractivity contribution in [2.24, 2.45) is 5.41 Å². The van der Waals surface area contributed by atoms with Crippen molar-refractivity contribution in [3.63, 3.8) is 0 Å². The van der Waals surface area contributed by atoms with Gasteiger partial charge in [-0.05, 0) is 98.0 Å². The number of anilines is 1. The standard InChI is InChI=1S/C20H27N3OS/c1-23-11-20(12-23)9-15(10-20)25-22-19(24)21-18-16-6-2-4-13(16)8-14-5-3-7-17(14)18/h8,15H,2-7,9-12H2,1H3,(H2,21,22,24). The molecular weight excluding hydrogens is 330 g/mol. The van der Waals surface area contributed by atoms with Crippen molar-refractivity contribution in [2.75, 3.05) is 25.5 Å². The summed E-state index contributed by atoms with van der Waals surface area (Å²) in [6.07, 6.45) is 9.52. The second-order valence-corrected chi connectivity index (χ2v) is 9.72. The third-order valence-corrected chi connectivity index (χ3v) is 7.53. The van der Waals surface area contributed by atoms with E-state index in [0.717, 1.165) is 18.5 Å². The third kappa shape index (κ3) is 2.76. The first-order valence-electron chi connectivity index (χ1n) is 9.70. The monoisotopic (exact) mass is 357 g/mol. The number of urea groups is 1. The summed E-state index contributed by atoms with van der Waals surface area (Å²) >= 11 is 1.63. The average molecular weight is 358 g/mol. The number of benzene rings is 1. The third-order valence-electron chi connectivity index (χ3n) is 6.56. The van der Waals surface area contributed by atoms with Crippen LogP contribution in [0, 0.1) is 5.41 Å². The van der Waals surface area contributed by atoms with Crippen molar-refractivity contribution in [3.05, 3.63) is 28.3 Å². The highest BCUT2D eigenvalue weighted by atomic mass is 32.2. The lowest BCUT2D eigenvalue weighted by Gasteiger charge is -2.57. The molecule has 1 spiro atoms. The summed E-state index contributed by atoms with van der Waals surface area (Å²) in [4.78, 5) is 14.9. The van der Waals surface area contributed by atoms with Crippen molar-refractivity contribution in [2.45, 2.75) is 56.6 Å². The van der Waals surface area contributed by atoms with Crippen molar-refractivity contribution in [1.29, 1.82) is 0 Å². The maximum absolute atomic E-state index is 12.5. The lowest BCUT2D eigenvalue weighted by molar-refractivity contribution is -0.0390. The van der Waals surface area contributed by atoms with Crippen LogP contribution in [-0.2, 0) is 25.7 Å². The van der Waals surface area contributed by atoms with Gasteiger partial charge < -0.3 is 10.2 Å². The molecule has 0 bridgehead atoms. The number of hydrogen-bond donors (Lipinski definition) is 2. The van der Waals surface area contributed by atoms with Crippen LogP contribution in [0.3, 0.4) is 0 Å². The largest absolute Gasteiger partial charge is 0.329 e. The molecule has 0 unspecified atom stereocenters. The lowest BCUT2D eigenvalue weighted by Crippen LogP contribution is -2.61. The Morgan fingerprint density at radius 2 is 1.76 bits per heavy atom. The summed E-state index contributed by atoms with van der Waals surface area (Å²) in [5, 5.41) is 3.81. The van der Waals surface area contributed by atoms with E-state index in [1.807, 2.05) is 0 Å². The lowest BCUT2D eigenvalue weighted by atomic mass is 9.63. The van der Waals surface area contributed by atoms with Gasteiger partial charge in [0.15, 0.2) is 0 Å². The molecule has 1 saturated heterocycles. The fourth-order valence-electron chi connectivity index (χ4n) is 5.59. The molecule has 1 aliphatic heterocycles. The van der Waals surface area contributed by atoms with Gasteiger partial charge in [0.05, 0.1) is 0 Å². The Hall–Kier alpha value is -1.20. The number of nitrogens with zero attached hydrogens (tertiary/aromatic N) is 1. The highest BCUT2D eigenvalue weighted by molar-refractivity contribution is 7.98. The Morgan fingerprint density at radius 3 is 2.36 bits per heavy atom. The molecule has 25 heavy (non-hydrogen) atoms.